The van der Waals surface area contributed by atoms with Gasteiger partial charge in [0.05, 0.1) is 29.0 Å². The van der Waals surface area contributed by atoms with Gasteiger partial charge in [-0.15, -0.1) is 23.1 Å². The van der Waals surface area contributed by atoms with Crippen LogP contribution < -0.4 is 16.0 Å². The number of carbonyl (C=O) groups excluding carboxylic acids is 4. The molecule has 1 atom stereocenters. The molecule has 3 aromatic carbocycles. The Labute approximate surface area is 272 Å². The van der Waals surface area contributed by atoms with E-state index in [0.29, 0.717) is 27.0 Å². The molecule has 45 heavy (non-hydrogen) atoms. The van der Waals surface area contributed by atoms with Gasteiger partial charge in [0, 0.05) is 27.1 Å². The first-order valence-electron chi connectivity index (χ1n) is 13.6. The third-order valence-corrected chi connectivity index (χ3v) is 8.23. The number of thioether (sulfide) groups is 1. The third kappa shape index (κ3) is 9.73. The van der Waals surface area contributed by atoms with Crippen LogP contribution in [0.5, 0.6) is 0 Å². The fourth-order valence-corrected chi connectivity index (χ4v) is 5.71. The number of hydrogen-bond donors (Lipinski definition) is 3. The monoisotopic (exact) mass is 666 g/mol. The minimum atomic E-state index is -0.714. The number of hydrogen-bond acceptors (Lipinski definition) is 8. The summed E-state index contributed by atoms with van der Waals surface area (Å²) in [7, 11) is 0. The summed E-state index contributed by atoms with van der Waals surface area (Å²) in [6, 6.07) is 19.1. The van der Waals surface area contributed by atoms with Gasteiger partial charge < -0.3 is 20.7 Å². The lowest BCUT2D eigenvalue weighted by Gasteiger charge is -2.14. The van der Waals surface area contributed by atoms with Gasteiger partial charge >= 0.3 is 5.97 Å². The van der Waals surface area contributed by atoms with Crippen LogP contribution in [0.15, 0.2) is 88.8 Å². The first-order valence-corrected chi connectivity index (χ1v) is 15.8. The number of carbonyl (C=O) groups is 4. The largest absolute Gasteiger partial charge is 0.466 e. The molecule has 9 nitrogen and oxygen atoms in total. The molecule has 4 rings (SSSR count). The summed E-state index contributed by atoms with van der Waals surface area (Å²) in [6.45, 7) is 3.71. The zero-order valence-electron chi connectivity index (χ0n) is 24.1. The Balaban J connectivity index is 1.45. The summed E-state index contributed by atoms with van der Waals surface area (Å²) < 4.78 is 19.5. The highest BCUT2D eigenvalue weighted by Crippen LogP contribution is 2.28. The molecule has 3 amide bonds. The van der Waals surface area contributed by atoms with E-state index in [1.165, 1.54) is 47.4 Å². The fourth-order valence-electron chi connectivity index (χ4n) is 3.85. The van der Waals surface area contributed by atoms with Crippen molar-refractivity contribution in [3.63, 3.8) is 0 Å². The molecule has 0 spiro atoms. The Kier molecular flexibility index (Phi) is 11.9. The molecule has 0 saturated carbocycles. The third-order valence-electron chi connectivity index (χ3n) is 6.00. The number of anilines is 2. The molecule has 0 aliphatic rings. The van der Waals surface area contributed by atoms with Gasteiger partial charge in [0.25, 0.3) is 11.8 Å². The quantitative estimate of drug-likeness (QED) is 0.0887. The molecular weight excluding hydrogens is 639 g/mol. The van der Waals surface area contributed by atoms with Gasteiger partial charge in [0.1, 0.15) is 11.5 Å². The molecule has 1 heterocycles. The second-order valence-corrected chi connectivity index (χ2v) is 12.1. The Bertz CT molecular complexity index is 1710. The van der Waals surface area contributed by atoms with Crippen LogP contribution >= 0.6 is 34.7 Å². The number of nitrogens with zero attached hydrogens (tertiary/aromatic N) is 1. The van der Waals surface area contributed by atoms with Gasteiger partial charge in [-0.2, -0.15) is 0 Å². The smallest absolute Gasteiger partial charge is 0.311 e. The molecule has 4 aromatic rings. The highest BCUT2D eigenvalue weighted by atomic mass is 35.5. The van der Waals surface area contributed by atoms with Gasteiger partial charge in [-0.1, -0.05) is 41.9 Å². The fraction of sp³-hybridized carbons (Fsp3) is 0.156. The van der Waals surface area contributed by atoms with E-state index in [1.54, 1.807) is 73.8 Å². The van der Waals surface area contributed by atoms with Gasteiger partial charge in [-0.05, 0) is 62.4 Å². The lowest BCUT2D eigenvalue weighted by Crippen LogP contribution is -2.30. The number of thiazole rings is 1. The maximum absolute atomic E-state index is 14.6. The van der Waals surface area contributed by atoms with E-state index in [4.69, 9.17) is 16.3 Å². The van der Waals surface area contributed by atoms with Crippen molar-refractivity contribution < 1.29 is 28.3 Å². The van der Waals surface area contributed by atoms with Crippen LogP contribution in [0.4, 0.5) is 15.2 Å². The van der Waals surface area contributed by atoms with Crippen LogP contribution in [0.2, 0.25) is 5.02 Å². The molecule has 0 bridgehead atoms. The minimum absolute atomic E-state index is 0.0171. The van der Waals surface area contributed by atoms with Crippen molar-refractivity contribution in [1.29, 1.82) is 0 Å². The maximum Gasteiger partial charge on any atom is 0.311 e. The summed E-state index contributed by atoms with van der Waals surface area (Å²) in [6.07, 6.45) is 1.19. The molecule has 0 radical (unpaired) electrons. The topological polar surface area (TPSA) is 126 Å². The Morgan fingerprint density at radius 2 is 1.80 bits per heavy atom. The van der Waals surface area contributed by atoms with Crippen molar-refractivity contribution in [2.45, 2.75) is 30.4 Å². The van der Waals surface area contributed by atoms with Crippen molar-refractivity contribution in [3.05, 3.63) is 112 Å². The molecule has 0 aliphatic carbocycles. The van der Waals surface area contributed by atoms with Crippen LogP contribution in [-0.4, -0.2) is 40.5 Å². The molecule has 3 N–H and O–H groups in total. The normalized spacial score (nSPS) is 11.8. The SMILES string of the molecule is CCOC(=O)Cc1csc(NC(=O)C(C)Sc2cccc(NC(=O)/C(=C\c3c(F)cccc3Cl)NC(=O)c3ccccc3)c2)n1. The van der Waals surface area contributed by atoms with Crippen molar-refractivity contribution in [2.75, 3.05) is 17.2 Å². The Hall–Kier alpha value is -4.52. The molecule has 0 aliphatic heterocycles. The van der Waals surface area contributed by atoms with E-state index in [-0.39, 0.29) is 35.2 Å². The molecule has 232 valence electrons. The van der Waals surface area contributed by atoms with Crippen molar-refractivity contribution in [2.24, 2.45) is 0 Å². The number of aromatic nitrogens is 1. The highest BCUT2D eigenvalue weighted by molar-refractivity contribution is 8.00. The average molecular weight is 667 g/mol. The van der Waals surface area contributed by atoms with Crippen LogP contribution in [0.25, 0.3) is 6.08 Å². The van der Waals surface area contributed by atoms with E-state index in [2.05, 4.69) is 20.9 Å². The number of benzene rings is 3. The van der Waals surface area contributed by atoms with Gasteiger partial charge in [0.15, 0.2) is 5.13 Å². The van der Waals surface area contributed by atoms with E-state index in [9.17, 15) is 23.6 Å². The predicted octanol–water partition coefficient (Wildman–Crippen LogP) is 6.57. The first-order chi connectivity index (χ1) is 21.6. The maximum atomic E-state index is 14.6. The standard InChI is InChI=1S/C32H28ClFN4O5S2/c1-3-43-28(39)16-22-18-44-32(36-22)38-29(40)19(2)45-23-12-7-11-21(15-23)35-31(42)27(17-24-25(33)13-8-14-26(24)34)37-30(41)20-9-5-4-6-10-20/h4-15,17-19H,3,16H2,1-2H3,(H,35,42)(H,37,41)(H,36,38,40)/b27-17+. The molecule has 1 aromatic heterocycles. The first kappa shape index (κ1) is 33.4. The zero-order chi connectivity index (χ0) is 32.3. The number of amides is 3. The van der Waals surface area contributed by atoms with E-state index >= 15 is 0 Å². The summed E-state index contributed by atoms with van der Waals surface area (Å²) in [4.78, 5) is 55.7. The molecular formula is C32H28ClFN4O5S2. The zero-order valence-corrected chi connectivity index (χ0v) is 26.5. The Morgan fingerprint density at radius 1 is 1.04 bits per heavy atom. The lowest BCUT2D eigenvalue weighted by molar-refractivity contribution is -0.142. The molecule has 13 heteroatoms. The van der Waals surface area contributed by atoms with Crippen molar-refractivity contribution >= 4 is 75.3 Å². The molecule has 1 unspecified atom stereocenters. The molecule has 0 saturated heterocycles. The van der Waals surface area contributed by atoms with E-state index in [1.807, 2.05) is 0 Å². The molecule has 0 fully saturated rings. The van der Waals surface area contributed by atoms with Crippen LogP contribution in [-0.2, 0) is 25.5 Å². The number of nitrogens with one attached hydrogen (secondary N) is 3. The van der Waals surface area contributed by atoms with Gasteiger partial charge in [-0.25, -0.2) is 9.37 Å². The summed E-state index contributed by atoms with van der Waals surface area (Å²) >= 11 is 8.64. The second-order valence-electron chi connectivity index (χ2n) is 9.37. The number of esters is 1. The predicted molar refractivity (Wildman–Crippen MR) is 175 cm³/mol. The second kappa shape index (κ2) is 16.0. The number of halogens is 2. The Morgan fingerprint density at radius 3 is 2.53 bits per heavy atom. The summed E-state index contributed by atoms with van der Waals surface area (Å²) in [5, 5.41) is 9.59. The van der Waals surface area contributed by atoms with E-state index < -0.39 is 28.9 Å². The lowest BCUT2D eigenvalue weighted by atomic mass is 10.1. The van der Waals surface area contributed by atoms with Gasteiger partial charge in [0.2, 0.25) is 5.91 Å². The van der Waals surface area contributed by atoms with Crippen molar-refractivity contribution in [3.8, 4) is 0 Å². The number of rotatable bonds is 12. The van der Waals surface area contributed by atoms with Crippen LogP contribution in [0.1, 0.15) is 35.5 Å². The average Bonchev–Trinajstić information content (AvgIpc) is 3.45. The highest BCUT2D eigenvalue weighted by Gasteiger charge is 2.19. The minimum Gasteiger partial charge on any atom is -0.466 e. The summed E-state index contributed by atoms with van der Waals surface area (Å²) in [5.41, 5.74) is 0.890. The van der Waals surface area contributed by atoms with Crippen molar-refractivity contribution in [1.82, 2.24) is 10.3 Å². The summed E-state index contributed by atoms with van der Waals surface area (Å²) in [5.74, 6) is -2.65. The number of ether oxygens (including phenoxy) is 1. The van der Waals surface area contributed by atoms with Crippen LogP contribution in [0, 0.1) is 5.82 Å². The van der Waals surface area contributed by atoms with E-state index in [0.717, 1.165) is 0 Å². The van der Waals surface area contributed by atoms with Crippen LogP contribution in [0.3, 0.4) is 0 Å². The van der Waals surface area contributed by atoms with Gasteiger partial charge in [-0.3, -0.25) is 19.2 Å².